The Morgan fingerprint density at radius 1 is 1.12 bits per heavy atom. The van der Waals surface area contributed by atoms with Crippen LogP contribution in [0.15, 0.2) is 24.3 Å². The molecule has 0 aliphatic heterocycles. The van der Waals surface area contributed by atoms with E-state index < -0.39 is 21.1 Å². The van der Waals surface area contributed by atoms with E-state index in [1.165, 1.54) is 13.5 Å². The summed E-state index contributed by atoms with van der Waals surface area (Å²) < 4.78 is 29.1. The van der Waals surface area contributed by atoms with Crippen molar-refractivity contribution in [2.24, 2.45) is 0 Å². The normalized spacial score (nSPS) is 10.4. The van der Waals surface area contributed by atoms with Crippen LogP contribution >= 0.6 is 0 Å². The van der Waals surface area contributed by atoms with Crippen LogP contribution in [0.3, 0.4) is 0 Å². The molecule has 0 spiro atoms. The fourth-order valence-corrected chi connectivity index (χ4v) is 3.63. The molecule has 0 aromatic heterocycles. The van der Waals surface area contributed by atoms with Crippen LogP contribution in [0.1, 0.15) is 66.9 Å². The molecule has 0 aliphatic carbocycles. The van der Waals surface area contributed by atoms with Gasteiger partial charge in [0.05, 0.1) is 12.9 Å². The molecule has 1 aromatic carbocycles. The molecule has 1 aromatic rings. The number of methoxy groups -OCH3 is 1. The number of esters is 1. The number of hydrogen-bond donors (Lipinski definition) is 1. The lowest BCUT2D eigenvalue weighted by atomic mass is 10.2. The molecule has 0 fully saturated rings. The summed E-state index contributed by atoms with van der Waals surface area (Å²) in [6.45, 7) is 10.1. The van der Waals surface area contributed by atoms with Gasteiger partial charge < -0.3 is 10.5 Å². The van der Waals surface area contributed by atoms with Gasteiger partial charge in [-0.15, -0.1) is 0 Å². The molecule has 2 N–H and O–H groups in total. The minimum atomic E-state index is -3.58. The van der Waals surface area contributed by atoms with Crippen LogP contribution in [-0.2, 0) is 25.1 Å². The second-order valence-corrected chi connectivity index (χ2v) is 7.24. The van der Waals surface area contributed by atoms with Gasteiger partial charge in [-0.1, -0.05) is 67.0 Å². The van der Waals surface area contributed by atoms with Crippen molar-refractivity contribution in [3.63, 3.8) is 0 Å². The average molecular weight is 386 g/mol. The van der Waals surface area contributed by atoms with Crippen molar-refractivity contribution >= 4 is 29.9 Å². The highest BCUT2D eigenvalue weighted by Gasteiger charge is 2.32. The quantitative estimate of drug-likeness (QED) is 0.449. The highest BCUT2D eigenvalue weighted by molar-refractivity contribution is 7.92. The van der Waals surface area contributed by atoms with E-state index in [9.17, 15) is 13.2 Å². The molecule has 3 radical (unpaired) electrons. The molecule has 26 heavy (non-hydrogen) atoms. The number of carbonyl (C=O) groups is 1. The molecule has 1 rings (SSSR count). The lowest BCUT2D eigenvalue weighted by Gasteiger charge is -2.14. The van der Waals surface area contributed by atoms with E-state index in [-0.39, 0.29) is 28.0 Å². The van der Waals surface area contributed by atoms with Crippen molar-refractivity contribution in [1.29, 1.82) is 0 Å². The number of hydrogen-bond acceptors (Lipinski definition) is 5. The van der Waals surface area contributed by atoms with Gasteiger partial charge in [-0.05, 0) is 24.1 Å². The molecule has 0 bridgehead atoms. The Kier molecular flexibility index (Phi) is 22.7. The van der Waals surface area contributed by atoms with Crippen LogP contribution in [0, 0.1) is 0 Å². The molecule has 5 nitrogen and oxygen atoms in total. The van der Waals surface area contributed by atoms with Gasteiger partial charge in [0.2, 0.25) is 0 Å². The van der Waals surface area contributed by atoms with Crippen LogP contribution in [0.5, 0.6) is 0 Å². The summed E-state index contributed by atoms with van der Waals surface area (Å²) in [6.07, 6.45) is 2.12. The number of sulfone groups is 1. The Hall–Kier alpha value is -1.50. The molecule has 1 atom stereocenters. The van der Waals surface area contributed by atoms with Gasteiger partial charge in [0.15, 0.2) is 15.1 Å². The van der Waals surface area contributed by atoms with E-state index >= 15 is 0 Å². The van der Waals surface area contributed by atoms with E-state index in [1.54, 1.807) is 24.3 Å². The Bertz CT molecular complexity index is 545. The van der Waals surface area contributed by atoms with Crippen LogP contribution in [0.4, 0.5) is 5.69 Å². The fraction of sp³-hybridized carbons (Fsp3) is 0.632. The molecule has 0 amide bonds. The third-order valence-corrected chi connectivity index (χ3v) is 4.83. The summed E-state index contributed by atoms with van der Waals surface area (Å²) in [5, 5.41) is -1.10. The zero-order chi connectivity index (χ0) is 19.2. The third kappa shape index (κ3) is 12.8. The van der Waals surface area contributed by atoms with Crippen LogP contribution < -0.4 is 5.73 Å². The van der Waals surface area contributed by atoms with Gasteiger partial charge >= 0.3 is 5.97 Å². The lowest BCUT2D eigenvalue weighted by Crippen LogP contribution is -2.32. The summed E-state index contributed by atoms with van der Waals surface area (Å²) in [7, 11) is -2.38. The predicted molar refractivity (Wildman–Crippen MR) is 114 cm³/mol. The first-order valence-corrected chi connectivity index (χ1v) is 10.2. The van der Waals surface area contributed by atoms with Gasteiger partial charge in [-0.2, -0.15) is 0 Å². The Balaban J connectivity index is -0.000000313. The first-order chi connectivity index (χ1) is 11.3. The fourth-order valence-electron chi connectivity index (χ4n) is 1.78. The molecule has 151 valence electrons. The molecule has 1 unspecified atom stereocenters. The maximum Gasteiger partial charge on any atom is 0.324 e. The van der Waals surface area contributed by atoms with E-state index in [1.807, 2.05) is 20.8 Å². The summed E-state index contributed by atoms with van der Waals surface area (Å²) in [5.41, 5.74) is 6.72. The van der Waals surface area contributed by atoms with Gasteiger partial charge in [0.1, 0.15) is 0 Å². The van der Waals surface area contributed by atoms with Gasteiger partial charge in [-0.25, -0.2) is 8.42 Å². The largest absolute Gasteiger partial charge is 0.468 e. The highest BCUT2D eigenvalue weighted by atomic mass is 32.2. The van der Waals surface area contributed by atoms with E-state index in [4.69, 9.17) is 5.73 Å². The van der Waals surface area contributed by atoms with Crippen LogP contribution in [0.25, 0.3) is 0 Å². The number of anilines is 1. The summed E-state index contributed by atoms with van der Waals surface area (Å²) in [4.78, 5) is 11.6. The lowest BCUT2D eigenvalue weighted by molar-refractivity contribution is -0.140. The van der Waals surface area contributed by atoms with Crippen molar-refractivity contribution in [2.75, 3.05) is 12.8 Å². The van der Waals surface area contributed by atoms with Gasteiger partial charge in [0.25, 0.3) is 0 Å². The molecule has 0 heterocycles. The smallest absolute Gasteiger partial charge is 0.324 e. The average Bonchev–Trinajstić information content (AvgIpc) is 2.56. The molecular weight excluding hydrogens is 349 g/mol. The zero-order valence-electron chi connectivity index (χ0n) is 16.4. The van der Waals surface area contributed by atoms with Gasteiger partial charge in [0, 0.05) is 14.1 Å². The number of benzene rings is 1. The first kappa shape index (κ1) is 32.2. The molecule has 0 saturated heterocycles. The van der Waals surface area contributed by atoms with Crippen molar-refractivity contribution in [1.82, 2.24) is 0 Å². The molecule has 0 saturated carbocycles. The number of ether oxygens (including phenoxy) is 1. The minimum Gasteiger partial charge on any atom is -0.468 e. The molecule has 7 heteroatoms. The topological polar surface area (TPSA) is 86.5 Å². The van der Waals surface area contributed by atoms with Crippen molar-refractivity contribution in [3.8, 4) is 0 Å². The number of nitrogens with two attached hydrogens (primary N) is 1. The van der Waals surface area contributed by atoms with E-state index in [0.717, 1.165) is 0 Å². The second kappa shape index (κ2) is 18.3. The zero-order valence-corrected chi connectivity index (χ0v) is 17.2. The van der Waals surface area contributed by atoms with Crippen molar-refractivity contribution in [3.05, 3.63) is 29.8 Å². The van der Waals surface area contributed by atoms with Crippen LogP contribution in [0.2, 0.25) is 0 Å². The number of rotatable bonds is 6. The summed E-state index contributed by atoms with van der Waals surface area (Å²) in [5.74, 6) is -0.884. The Labute approximate surface area is 163 Å². The maximum atomic E-state index is 12.2. The first-order valence-electron chi connectivity index (χ1n) is 8.46. The molecular formula is C19H37BNO4S. The Morgan fingerprint density at radius 3 is 1.88 bits per heavy atom. The third-order valence-electron chi connectivity index (χ3n) is 2.80. The van der Waals surface area contributed by atoms with Crippen molar-refractivity contribution < 1.29 is 17.9 Å². The molecule has 0 aliphatic rings. The van der Waals surface area contributed by atoms with E-state index in [2.05, 4.69) is 18.6 Å². The maximum absolute atomic E-state index is 12.2. The summed E-state index contributed by atoms with van der Waals surface area (Å²) >= 11 is 0. The number of carbonyl (C=O) groups excluding carboxylic acids is 1. The summed E-state index contributed by atoms with van der Waals surface area (Å²) in [6, 6.07) is 6.57. The predicted octanol–water partition coefficient (Wildman–Crippen LogP) is 4.22. The second-order valence-electron chi connectivity index (χ2n) is 5.06. The van der Waals surface area contributed by atoms with Gasteiger partial charge in [-0.3, -0.25) is 4.79 Å². The minimum absolute atomic E-state index is 0. The SMILES string of the molecule is C.CC.CCC.CCCC(C(=O)OC)S(=O)(=O)Cc1ccc(N)cc1.[B]. The highest BCUT2D eigenvalue weighted by Crippen LogP contribution is 2.17. The number of nitrogen functional groups attached to an aromatic ring is 1. The van der Waals surface area contributed by atoms with Crippen molar-refractivity contribution in [2.45, 2.75) is 72.3 Å². The Morgan fingerprint density at radius 2 is 1.54 bits per heavy atom. The monoisotopic (exact) mass is 386 g/mol. The standard InChI is InChI=1S/C13H19NO4S.C3H8.C2H6.CH4.B/c1-3-4-12(13(15)18-2)19(16,17)9-10-5-7-11(14)8-6-10;1-3-2;1-2;;/h5-8,12H,3-4,9,14H2,1-2H3;3H2,1-2H3;1-2H3;1H4;. The van der Waals surface area contributed by atoms with Crippen LogP contribution in [-0.4, -0.2) is 35.2 Å². The van der Waals surface area contributed by atoms with E-state index in [0.29, 0.717) is 17.7 Å².